The number of Topliss-reactive ketones (excluding diaryl/α,β-unsaturated/α-hetero) is 1. The lowest BCUT2D eigenvalue weighted by Gasteiger charge is -2.67. The first-order valence-corrected chi connectivity index (χ1v) is 19.9. The number of hydrogen-bond donors (Lipinski definition) is 3. The Morgan fingerprint density at radius 2 is 1.55 bits per heavy atom. The van der Waals surface area contributed by atoms with E-state index in [2.05, 4.69) is 5.32 Å². The Morgan fingerprint density at radius 3 is 2.10 bits per heavy atom. The van der Waals surface area contributed by atoms with Gasteiger partial charge in [0.05, 0.1) is 41.1 Å². The van der Waals surface area contributed by atoms with Gasteiger partial charge in [0, 0.05) is 32.1 Å². The molecule has 1 aromatic rings. The molecule has 3 N–H and O–H groups in total. The molecule has 0 spiro atoms. The van der Waals surface area contributed by atoms with Crippen molar-refractivity contribution in [3.05, 3.63) is 47.0 Å². The normalized spacial score (nSPS) is 36.4. The Kier molecular flexibility index (Phi) is 11.1. The first kappa shape index (κ1) is 44.7. The molecular weight excluding hydrogens is 786 g/mol. The minimum absolute atomic E-state index is 0.0115. The van der Waals surface area contributed by atoms with E-state index in [0.29, 0.717) is 0 Å². The van der Waals surface area contributed by atoms with Crippen LogP contribution in [-0.4, -0.2) is 118 Å². The number of aliphatic hydroxyl groups is 2. The predicted molar refractivity (Wildman–Crippen MR) is 205 cm³/mol. The maximum Gasteiger partial charge on any atom is 0.408 e. The third-order valence-electron chi connectivity index (χ3n) is 13.2. The number of fused-ring (bicyclic) bond motifs is 5. The van der Waals surface area contributed by atoms with Crippen LogP contribution in [0.4, 0.5) is 4.79 Å². The van der Waals surface area contributed by atoms with Crippen molar-refractivity contribution < 1.29 is 76.9 Å². The van der Waals surface area contributed by atoms with E-state index in [-0.39, 0.29) is 29.7 Å². The standard InChI is InChI=1S/C43H55NO16/c1-20-24(56-35(50)29-31(39(7,8)36(51)57-29)44-37(52)60-38(4,5)6)18-43(53)33(58-34(49)23-15-13-12-14-16-23)30-41(11,25(47)17-26-42(30,19-54-26)59-22(3)46)32(48)28(55-21(2)45)27(20)40(43,9)10/h12-16,24-26,28-31,33,47,53H,17-19H2,1-11H3,(H,44,52)/t24-,25-,26+,28+,29?,30-,31+,33-,41+,42-,43+/m0/s1. The molecule has 1 aromatic carbocycles. The lowest BCUT2D eigenvalue weighted by Crippen LogP contribution is -2.82. The molecule has 4 fully saturated rings. The van der Waals surface area contributed by atoms with Gasteiger partial charge in [0.2, 0.25) is 6.10 Å². The first-order valence-electron chi connectivity index (χ1n) is 19.9. The van der Waals surface area contributed by atoms with Gasteiger partial charge in [-0.05, 0) is 71.7 Å². The van der Waals surface area contributed by atoms with Gasteiger partial charge in [-0.3, -0.25) is 19.2 Å². The van der Waals surface area contributed by atoms with Crippen LogP contribution in [0.5, 0.6) is 0 Å². The summed E-state index contributed by atoms with van der Waals surface area (Å²) in [5, 5.41) is 28.2. The molecule has 17 heteroatoms. The monoisotopic (exact) mass is 841 g/mol. The SMILES string of the molecule is CC(=O)O[C@H]1C(=O)[C@@]2(C)[C@H]([C@H](OC(=O)c3ccccc3)[C@]3(O)C[C@H](OC(=O)C4OC(=O)C(C)(C)[C@@H]4NC(=O)OC(C)(C)C)C(C)=C1C3(C)C)[C@]1(OC(C)=O)CO[C@@H]1C[C@@H]2O. The molecule has 0 aromatic heterocycles. The molecule has 1 unspecified atom stereocenters. The predicted octanol–water partition coefficient (Wildman–Crippen LogP) is 3.05. The number of cyclic esters (lactones) is 1. The molecule has 2 heterocycles. The van der Waals surface area contributed by atoms with Gasteiger partial charge in [-0.25, -0.2) is 14.4 Å². The van der Waals surface area contributed by atoms with Gasteiger partial charge >= 0.3 is 35.9 Å². The molecule has 2 bridgehead atoms. The molecule has 0 radical (unpaired) electrons. The number of alkyl carbamates (subject to hydrolysis) is 1. The van der Waals surface area contributed by atoms with Crippen LogP contribution < -0.4 is 5.32 Å². The quantitative estimate of drug-likeness (QED) is 0.203. The molecule has 2 saturated heterocycles. The Hall–Kier alpha value is -4.87. The molecule has 11 atom stereocenters. The van der Waals surface area contributed by atoms with Crippen molar-refractivity contribution in [1.29, 1.82) is 0 Å². The summed E-state index contributed by atoms with van der Waals surface area (Å²) in [7, 11) is 0. The number of benzene rings is 1. The number of esters is 5. The number of rotatable bonds is 7. The average molecular weight is 842 g/mol. The number of aliphatic hydroxyl groups excluding tert-OH is 1. The summed E-state index contributed by atoms with van der Waals surface area (Å²) in [4.78, 5) is 96.0. The highest BCUT2D eigenvalue weighted by Gasteiger charge is 2.78. The van der Waals surface area contributed by atoms with Crippen molar-refractivity contribution in [3.8, 4) is 0 Å². The first-order chi connectivity index (χ1) is 27.6. The molecule has 2 aliphatic heterocycles. The largest absolute Gasteiger partial charge is 0.455 e. The van der Waals surface area contributed by atoms with Crippen molar-refractivity contribution in [2.24, 2.45) is 22.2 Å². The molecule has 6 rings (SSSR count). The smallest absolute Gasteiger partial charge is 0.408 e. The summed E-state index contributed by atoms with van der Waals surface area (Å²) >= 11 is 0. The van der Waals surface area contributed by atoms with Crippen molar-refractivity contribution in [2.45, 2.75) is 148 Å². The summed E-state index contributed by atoms with van der Waals surface area (Å²) in [6.45, 7) is 15.7. The Balaban J connectivity index is 1.55. The van der Waals surface area contributed by atoms with Crippen LogP contribution in [0.3, 0.4) is 0 Å². The number of carbonyl (C=O) groups is 7. The molecule has 3 aliphatic carbocycles. The summed E-state index contributed by atoms with van der Waals surface area (Å²) < 4.78 is 41.1. The van der Waals surface area contributed by atoms with Crippen LogP contribution in [0.15, 0.2) is 41.5 Å². The van der Waals surface area contributed by atoms with Crippen LogP contribution >= 0.6 is 0 Å². The van der Waals surface area contributed by atoms with E-state index in [1.165, 1.54) is 39.8 Å². The van der Waals surface area contributed by atoms with Gasteiger partial charge in [-0.1, -0.05) is 32.0 Å². The zero-order chi connectivity index (χ0) is 44.7. The van der Waals surface area contributed by atoms with E-state index < -0.39 is 130 Å². The van der Waals surface area contributed by atoms with Gasteiger partial charge in [-0.2, -0.15) is 0 Å². The zero-order valence-electron chi connectivity index (χ0n) is 35.7. The van der Waals surface area contributed by atoms with Crippen molar-refractivity contribution in [1.82, 2.24) is 5.32 Å². The fourth-order valence-electron chi connectivity index (χ4n) is 9.94. The second-order valence-corrected chi connectivity index (χ2v) is 18.9. The summed E-state index contributed by atoms with van der Waals surface area (Å²) in [6, 6.07) is 6.50. The number of carbonyl (C=O) groups excluding carboxylic acids is 7. The average Bonchev–Trinajstić information content (AvgIpc) is 3.35. The van der Waals surface area contributed by atoms with Gasteiger partial charge < -0.3 is 48.7 Å². The fraction of sp³-hybridized carbons (Fsp3) is 0.651. The number of nitrogens with one attached hydrogen (secondary N) is 1. The highest BCUT2D eigenvalue weighted by atomic mass is 16.6. The van der Waals surface area contributed by atoms with Gasteiger partial charge in [0.1, 0.15) is 29.5 Å². The van der Waals surface area contributed by atoms with Crippen LogP contribution in [0, 0.1) is 22.2 Å². The lowest BCUT2D eigenvalue weighted by molar-refractivity contribution is -0.346. The van der Waals surface area contributed by atoms with Gasteiger partial charge in [-0.15, -0.1) is 0 Å². The third kappa shape index (κ3) is 7.05. The number of amides is 1. The maximum absolute atomic E-state index is 15.4. The Labute approximate surface area is 347 Å². The molecular formula is C43H55NO16. The zero-order valence-corrected chi connectivity index (χ0v) is 35.7. The van der Waals surface area contributed by atoms with E-state index >= 15 is 4.79 Å². The minimum Gasteiger partial charge on any atom is -0.455 e. The van der Waals surface area contributed by atoms with Crippen LogP contribution in [0.1, 0.15) is 99.4 Å². The van der Waals surface area contributed by atoms with E-state index in [0.717, 1.165) is 13.8 Å². The number of ether oxygens (including phenoxy) is 7. The topological polar surface area (TPSA) is 237 Å². The molecule has 2 saturated carbocycles. The maximum atomic E-state index is 15.4. The highest BCUT2D eigenvalue weighted by molar-refractivity contribution is 5.96. The Morgan fingerprint density at radius 1 is 0.917 bits per heavy atom. The van der Waals surface area contributed by atoms with Crippen LogP contribution in [0.2, 0.25) is 0 Å². The van der Waals surface area contributed by atoms with E-state index in [1.54, 1.807) is 52.8 Å². The second kappa shape index (κ2) is 14.9. The molecule has 328 valence electrons. The molecule has 17 nitrogen and oxygen atoms in total. The minimum atomic E-state index is -2.40. The van der Waals surface area contributed by atoms with Gasteiger partial charge in [0.25, 0.3) is 0 Å². The summed E-state index contributed by atoms with van der Waals surface area (Å²) in [6.07, 6.45) is -11.2. The molecule has 1 amide bonds. The molecule has 60 heavy (non-hydrogen) atoms. The van der Waals surface area contributed by atoms with E-state index in [9.17, 15) is 39.0 Å². The van der Waals surface area contributed by atoms with E-state index in [4.69, 9.17) is 33.2 Å². The lowest BCUT2D eigenvalue weighted by atomic mass is 9.44. The van der Waals surface area contributed by atoms with Crippen LogP contribution in [0.25, 0.3) is 0 Å². The molecule has 5 aliphatic rings. The summed E-state index contributed by atoms with van der Waals surface area (Å²) in [5.74, 6) is -7.03. The number of hydrogen-bond acceptors (Lipinski definition) is 16. The van der Waals surface area contributed by atoms with E-state index in [1.807, 2.05) is 0 Å². The second-order valence-electron chi connectivity index (χ2n) is 18.9. The fourth-order valence-corrected chi connectivity index (χ4v) is 9.94. The number of ketones is 1. The highest BCUT2D eigenvalue weighted by Crippen LogP contribution is 2.64. The summed E-state index contributed by atoms with van der Waals surface area (Å²) in [5.41, 5.74) is -10.1. The van der Waals surface area contributed by atoms with Crippen molar-refractivity contribution in [2.75, 3.05) is 6.61 Å². The Bertz CT molecular complexity index is 2020. The van der Waals surface area contributed by atoms with Crippen LogP contribution in [-0.2, 0) is 57.1 Å². The van der Waals surface area contributed by atoms with Crippen molar-refractivity contribution >= 4 is 41.7 Å². The van der Waals surface area contributed by atoms with Gasteiger partial charge in [0.15, 0.2) is 17.5 Å². The third-order valence-corrected chi connectivity index (χ3v) is 13.2. The van der Waals surface area contributed by atoms with Crippen molar-refractivity contribution in [3.63, 3.8) is 0 Å².